The van der Waals surface area contributed by atoms with Gasteiger partial charge >= 0.3 is 5.97 Å². The zero-order valence-corrected chi connectivity index (χ0v) is 12.3. The summed E-state index contributed by atoms with van der Waals surface area (Å²) in [6.07, 6.45) is 0.0706. The van der Waals surface area contributed by atoms with Gasteiger partial charge in [-0.05, 0) is 18.7 Å². The SMILES string of the molecule is CCN1CCOC(=O)[C@H]1CC(=O)Nc1ccc2c(c1)OCO2. The molecule has 1 saturated heterocycles. The van der Waals surface area contributed by atoms with E-state index in [1.807, 2.05) is 11.8 Å². The van der Waals surface area contributed by atoms with Crippen molar-refractivity contribution in [1.82, 2.24) is 4.90 Å². The van der Waals surface area contributed by atoms with Crippen LogP contribution in [0.3, 0.4) is 0 Å². The van der Waals surface area contributed by atoms with Gasteiger partial charge in [0, 0.05) is 18.3 Å². The molecule has 1 fully saturated rings. The number of amides is 1. The molecule has 0 saturated carbocycles. The number of carbonyl (C=O) groups excluding carboxylic acids is 2. The monoisotopic (exact) mass is 306 g/mol. The zero-order valence-electron chi connectivity index (χ0n) is 12.3. The van der Waals surface area contributed by atoms with Crippen molar-refractivity contribution in [2.45, 2.75) is 19.4 Å². The van der Waals surface area contributed by atoms with E-state index in [2.05, 4.69) is 5.32 Å². The molecule has 2 aliphatic rings. The Morgan fingerprint density at radius 2 is 2.14 bits per heavy atom. The van der Waals surface area contributed by atoms with E-state index in [4.69, 9.17) is 14.2 Å². The van der Waals surface area contributed by atoms with Crippen LogP contribution in [0.4, 0.5) is 5.69 Å². The van der Waals surface area contributed by atoms with Gasteiger partial charge in [0.05, 0.1) is 6.42 Å². The first-order chi connectivity index (χ1) is 10.7. The average molecular weight is 306 g/mol. The van der Waals surface area contributed by atoms with Crippen LogP contribution in [0.15, 0.2) is 18.2 Å². The maximum Gasteiger partial charge on any atom is 0.323 e. The van der Waals surface area contributed by atoms with E-state index in [1.54, 1.807) is 18.2 Å². The van der Waals surface area contributed by atoms with Crippen molar-refractivity contribution in [2.75, 3.05) is 31.8 Å². The second-order valence-corrected chi connectivity index (χ2v) is 5.13. The molecule has 3 rings (SSSR count). The summed E-state index contributed by atoms with van der Waals surface area (Å²) in [5.41, 5.74) is 0.612. The lowest BCUT2D eigenvalue weighted by Gasteiger charge is -2.32. The van der Waals surface area contributed by atoms with Crippen molar-refractivity contribution in [1.29, 1.82) is 0 Å². The number of hydrogen-bond donors (Lipinski definition) is 1. The van der Waals surface area contributed by atoms with Gasteiger partial charge in [-0.2, -0.15) is 0 Å². The number of esters is 1. The van der Waals surface area contributed by atoms with Crippen molar-refractivity contribution >= 4 is 17.6 Å². The topological polar surface area (TPSA) is 77.1 Å². The molecule has 0 bridgehead atoms. The molecule has 22 heavy (non-hydrogen) atoms. The number of anilines is 1. The molecule has 1 atom stereocenters. The minimum absolute atomic E-state index is 0.0706. The van der Waals surface area contributed by atoms with Gasteiger partial charge in [0.15, 0.2) is 11.5 Å². The van der Waals surface area contributed by atoms with Crippen molar-refractivity contribution in [3.8, 4) is 11.5 Å². The lowest BCUT2D eigenvalue weighted by Crippen LogP contribution is -2.50. The molecule has 0 aliphatic carbocycles. The van der Waals surface area contributed by atoms with E-state index >= 15 is 0 Å². The highest BCUT2D eigenvalue weighted by Gasteiger charge is 2.32. The number of benzene rings is 1. The number of ether oxygens (including phenoxy) is 3. The summed E-state index contributed by atoms with van der Waals surface area (Å²) < 4.78 is 15.5. The van der Waals surface area contributed by atoms with Crippen LogP contribution in [0.25, 0.3) is 0 Å². The molecule has 1 aromatic rings. The summed E-state index contributed by atoms with van der Waals surface area (Å²) in [5.74, 6) is 0.686. The Kier molecular flexibility index (Phi) is 4.15. The lowest BCUT2D eigenvalue weighted by atomic mass is 10.1. The van der Waals surface area contributed by atoms with Crippen molar-refractivity contribution in [3.63, 3.8) is 0 Å². The van der Waals surface area contributed by atoms with Crippen LogP contribution in [-0.2, 0) is 14.3 Å². The van der Waals surface area contributed by atoms with Crippen LogP contribution in [0.2, 0.25) is 0 Å². The van der Waals surface area contributed by atoms with Gasteiger partial charge in [-0.15, -0.1) is 0 Å². The number of cyclic esters (lactones) is 1. The molecule has 0 radical (unpaired) electrons. The average Bonchev–Trinajstić information content (AvgIpc) is 2.97. The normalized spacial score (nSPS) is 20.6. The molecule has 7 heteroatoms. The van der Waals surface area contributed by atoms with E-state index in [9.17, 15) is 9.59 Å². The summed E-state index contributed by atoms with van der Waals surface area (Å²) in [5, 5.41) is 2.78. The Morgan fingerprint density at radius 1 is 1.32 bits per heavy atom. The number of likely N-dealkylation sites (N-methyl/N-ethyl adjacent to an activating group) is 1. The van der Waals surface area contributed by atoms with Gasteiger partial charge < -0.3 is 19.5 Å². The lowest BCUT2D eigenvalue weighted by molar-refractivity contribution is -0.158. The second kappa shape index (κ2) is 6.23. The van der Waals surface area contributed by atoms with E-state index < -0.39 is 6.04 Å². The van der Waals surface area contributed by atoms with Crippen LogP contribution in [0, 0.1) is 0 Å². The molecule has 1 aromatic carbocycles. The number of morpholine rings is 1. The molecular formula is C15H18N2O5. The molecule has 7 nitrogen and oxygen atoms in total. The van der Waals surface area contributed by atoms with Gasteiger partial charge in [-0.1, -0.05) is 6.92 Å². The highest BCUT2D eigenvalue weighted by atomic mass is 16.7. The summed E-state index contributed by atoms with van der Waals surface area (Å²) in [7, 11) is 0. The number of carbonyl (C=O) groups is 2. The fourth-order valence-corrected chi connectivity index (χ4v) is 2.62. The minimum atomic E-state index is -0.521. The van der Waals surface area contributed by atoms with Crippen molar-refractivity contribution < 1.29 is 23.8 Å². The third kappa shape index (κ3) is 2.99. The molecule has 2 heterocycles. The van der Waals surface area contributed by atoms with Gasteiger partial charge in [-0.25, -0.2) is 0 Å². The first-order valence-electron chi connectivity index (χ1n) is 7.27. The Bertz CT molecular complexity index is 589. The van der Waals surface area contributed by atoms with E-state index in [1.165, 1.54) is 0 Å². The number of fused-ring (bicyclic) bond motifs is 1. The molecule has 0 unspecified atom stereocenters. The molecule has 1 N–H and O–H groups in total. The summed E-state index contributed by atoms with van der Waals surface area (Å²) in [6, 6.07) is 4.66. The Hall–Kier alpha value is -2.28. The molecule has 2 aliphatic heterocycles. The van der Waals surface area contributed by atoms with E-state index in [0.717, 1.165) is 0 Å². The Balaban J connectivity index is 1.63. The smallest absolute Gasteiger partial charge is 0.323 e. The quantitative estimate of drug-likeness (QED) is 0.836. The predicted molar refractivity (Wildman–Crippen MR) is 77.8 cm³/mol. The third-order valence-corrected chi connectivity index (χ3v) is 3.78. The summed E-state index contributed by atoms with van der Waals surface area (Å²) in [6.45, 7) is 3.89. The fourth-order valence-electron chi connectivity index (χ4n) is 2.62. The molecule has 1 amide bonds. The number of hydrogen-bond acceptors (Lipinski definition) is 6. The van der Waals surface area contributed by atoms with Crippen LogP contribution in [0.1, 0.15) is 13.3 Å². The highest BCUT2D eigenvalue weighted by molar-refractivity contribution is 5.94. The third-order valence-electron chi connectivity index (χ3n) is 3.78. The van der Waals surface area contributed by atoms with E-state index in [-0.39, 0.29) is 25.1 Å². The second-order valence-electron chi connectivity index (χ2n) is 5.13. The van der Waals surface area contributed by atoms with Gasteiger partial charge in [0.2, 0.25) is 12.7 Å². The molecule has 0 spiro atoms. The highest BCUT2D eigenvalue weighted by Crippen LogP contribution is 2.34. The minimum Gasteiger partial charge on any atom is -0.463 e. The zero-order chi connectivity index (χ0) is 15.5. The van der Waals surface area contributed by atoms with Crippen molar-refractivity contribution in [2.24, 2.45) is 0 Å². The summed E-state index contributed by atoms with van der Waals surface area (Å²) in [4.78, 5) is 25.9. The maximum absolute atomic E-state index is 12.2. The first-order valence-corrected chi connectivity index (χ1v) is 7.27. The van der Waals surface area contributed by atoms with Crippen LogP contribution in [0.5, 0.6) is 11.5 Å². The Labute approximate surface area is 128 Å². The number of rotatable bonds is 4. The van der Waals surface area contributed by atoms with Crippen LogP contribution >= 0.6 is 0 Å². The van der Waals surface area contributed by atoms with Gasteiger partial charge in [0.1, 0.15) is 12.6 Å². The molecule has 118 valence electrons. The largest absolute Gasteiger partial charge is 0.463 e. The predicted octanol–water partition coefficient (Wildman–Crippen LogP) is 0.991. The van der Waals surface area contributed by atoms with Crippen LogP contribution in [-0.4, -0.2) is 49.3 Å². The van der Waals surface area contributed by atoms with E-state index in [0.29, 0.717) is 36.9 Å². The standard InChI is InChI=1S/C15H18N2O5/c1-2-17-5-6-20-15(19)11(17)8-14(18)16-10-3-4-12-13(7-10)22-9-21-12/h3-4,7,11H,2,5-6,8-9H2,1H3,(H,16,18)/t11-/m1/s1. The number of nitrogens with one attached hydrogen (secondary N) is 1. The van der Waals surface area contributed by atoms with Crippen LogP contribution < -0.4 is 14.8 Å². The molecular weight excluding hydrogens is 288 g/mol. The van der Waals surface area contributed by atoms with Gasteiger partial charge in [0.25, 0.3) is 0 Å². The maximum atomic E-state index is 12.2. The Morgan fingerprint density at radius 3 is 2.95 bits per heavy atom. The van der Waals surface area contributed by atoms with Crippen molar-refractivity contribution in [3.05, 3.63) is 18.2 Å². The fraction of sp³-hybridized carbons (Fsp3) is 0.467. The summed E-state index contributed by atoms with van der Waals surface area (Å²) >= 11 is 0. The molecule has 0 aromatic heterocycles. The van der Waals surface area contributed by atoms with Gasteiger partial charge in [-0.3, -0.25) is 14.5 Å². The number of nitrogens with zero attached hydrogens (tertiary/aromatic N) is 1. The first kappa shape index (κ1) is 14.6.